The van der Waals surface area contributed by atoms with Crippen LogP contribution >= 0.6 is 0 Å². The van der Waals surface area contributed by atoms with E-state index in [1.807, 2.05) is 6.92 Å². The molecule has 88 valence electrons. The molecule has 0 aliphatic heterocycles. The van der Waals surface area contributed by atoms with Gasteiger partial charge in [-0.2, -0.15) is 0 Å². The van der Waals surface area contributed by atoms with Gasteiger partial charge in [0.15, 0.2) is 0 Å². The molecule has 0 aromatic carbocycles. The Bertz CT molecular complexity index is 231. The van der Waals surface area contributed by atoms with Gasteiger partial charge in [-0.25, -0.2) is 0 Å². The molecule has 0 rings (SSSR count). The van der Waals surface area contributed by atoms with Crippen LogP contribution in [0.1, 0.15) is 19.8 Å². The molecule has 1 atom stereocenters. The number of methoxy groups -OCH3 is 1. The Morgan fingerprint density at radius 1 is 1.67 bits per heavy atom. The lowest BCUT2D eigenvalue weighted by Gasteiger charge is -2.24. The average Bonchev–Trinajstić information content (AvgIpc) is 2.24. The van der Waals surface area contributed by atoms with Crippen molar-refractivity contribution >= 4 is 11.7 Å². The van der Waals surface area contributed by atoms with E-state index in [1.165, 1.54) is 0 Å². The van der Waals surface area contributed by atoms with Gasteiger partial charge in [-0.15, -0.1) is 0 Å². The number of hydrogen-bond donors (Lipinski definition) is 2. The Hall–Kier alpha value is -1.30. The summed E-state index contributed by atoms with van der Waals surface area (Å²) >= 11 is 0. The van der Waals surface area contributed by atoms with E-state index in [-0.39, 0.29) is 17.8 Å². The molecule has 0 fully saturated rings. The van der Waals surface area contributed by atoms with E-state index in [0.717, 1.165) is 0 Å². The average molecular weight is 217 g/mol. The number of nitrogens with two attached hydrogens (primary N) is 1. The topological polar surface area (TPSA) is 88.2 Å². The summed E-state index contributed by atoms with van der Waals surface area (Å²) in [6, 6.07) is -0.0924. The number of hydrogen-bond acceptors (Lipinski definition) is 4. The zero-order chi connectivity index (χ0) is 11.8. The van der Waals surface area contributed by atoms with Gasteiger partial charge in [0.2, 0.25) is 5.91 Å². The van der Waals surface area contributed by atoms with Crippen LogP contribution in [0.5, 0.6) is 0 Å². The van der Waals surface area contributed by atoms with Crippen LogP contribution in [0.4, 0.5) is 0 Å². The van der Waals surface area contributed by atoms with Crippen molar-refractivity contribution < 1.29 is 14.7 Å². The highest BCUT2D eigenvalue weighted by molar-refractivity contribution is 5.81. The highest BCUT2D eigenvalue weighted by Gasteiger charge is 2.16. The standard InChI is InChI=1S/C9H19N3O3/c1-7(6-8(10)11-14)12(2)9(13)4-5-15-3/h7,14H,4-6H2,1-3H3,(H2,10,11). The third kappa shape index (κ3) is 5.21. The van der Waals surface area contributed by atoms with Gasteiger partial charge in [-0.05, 0) is 6.92 Å². The van der Waals surface area contributed by atoms with Gasteiger partial charge >= 0.3 is 0 Å². The molecule has 15 heavy (non-hydrogen) atoms. The molecule has 0 aliphatic rings. The molecular formula is C9H19N3O3. The monoisotopic (exact) mass is 217 g/mol. The van der Waals surface area contributed by atoms with Crippen LogP contribution in [0, 0.1) is 0 Å². The normalized spacial score (nSPS) is 13.7. The van der Waals surface area contributed by atoms with Crippen LogP contribution < -0.4 is 5.73 Å². The fraction of sp³-hybridized carbons (Fsp3) is 0.778. The molecule has 1 unspecified atom stereocenters. The van der Waals surface area contributed by atoms with Crippen LogP contribution in [-0.2, 0) is 9.53 Å². The molecule has 0 heterocycles. The minimum absolute atomic E-state index is 0.0184. The molecule has 0 aliphatic carbocycles. The molecule has 0 aromatic rings. The third-order valence-corrected chi connectivity index (χ3v) is 2.21. The van der Waals surface area contributed by atoms with Crippen molar-refractivity contribution in [3.8, 4) is 0 Å². The predicted octanol–water partition coefficient (Wildman–Crippen LogP) is 0.00630. The number of amides is 1. The lowest BCUT2D eigenvalue weighted by molar-refractivity contribution is -0.132. The maximum Gasteiger partial charge on any atom is 0.224 e. The molecule has 0 aromatic heterocycles. The molecule has 1 amide bonds. The van der Waals surface area contributed by atoms with Crippen molar-refractivity contribution in [3.63, 3.8) is 0 Å². The maximum atomic E-state index is 11.5. The van der Waals surface area contributed by atoms with Crippen molar-refractivity contribution in [2.24, 2.45) is 10.9 Å². The maximum absolute atomic E-state index is 11.5. The van der Waals surface area contributed by atoms with E-state index >= 15 is 0 Å². The lowest BCUT2D eigenvalue weighted by Crippen LogP contribution is -2.38. The molecule has 0 saturated carbocycles. The van der Waals surface area contributed by atoms with Gasteiger partial charge < -0.3 is 20.6 Å². The number of oxime groups is 1. The molecule has 0 bridgehead atoms. The smallest absolute Gasteiger partial charge is 0.224 e. The highest BCUT2D eigenvalue weighted by atomic mass is 16.5. The second kappa shape index (κ2) is 7.05. The van der Waals surface area contributed by atoms with E-state index in [0.29, 0.717) is 19.4 Å². The van der Waals surface area contributed by atoms with E-state index in [2.05, 4.69) is 5.16 Å². The van der Waals surface area contributed by atoms with Gasteiger partial charge in [-0.3, -0.25) is 4.79 Å². The number of rotatable bonds is 6. The first-order valence-electron chi connectivity index (χ1n) is 4.74. The molecule has 3 N–H and O–H groups in total. The second-order valence-corrected chi connectivity index (χ2v) is 3.39. The van der Waals surface area contributed by atoms with Crippen molar-refractivity contribution in [1.29, 1.82) is 0 Å². The van der Waals surface area contributed by atoms with Crippen molar-refractivity contribution in [2.75, 3.05) is 20.8 Å². The number of nitrogens with zero attached hydrogens (tertiary/aromatic N) is 2. The first kappa shape index (κ1) is 13.7. The van der Waals surface area contributed by atoms with E-state index in [1.54, 1.807) is 19.1 Å². The van der Waals surface area contributed by atoms with E-state index in [4.69, 9.17) is 15.7 Å². The zero-order valence-electron chi connectivity index (χ0n) is 9.43. The Labute approximate surface area is 89.7 Å². The van der Waals surface area contributed by atoms with Gasteiger partial charge in [0.1, 0.15) is 5.84 Å². The Kier molecular flexibility index (Phi) is 6.44. The number of carbonyl (C=O) groups excluding carboxylic acids is 1. The Balaban J connectivity index is 4.07. The molecule has 6 nitrogen and oxygen atoms in total. The predicted molar refractivity (Wildman–Crippen MR) is 56.8 cm³/mol. The quantitative estimate of drug-likeness (QED) is 0.284. The summed E-state index contributed by atoms with van der Waals surface area (Å²) in [5.74, 6) is 0.101. The summed E-state index contributed by atoms with van der Waals surface area (Å²) in [6.07, 6.45) is 0.694. The first-order chi connectivity index (χ1) is 7.02. The summed E-state index contributed by atoms with van der Waals surface area (Å²) in [5, 5.41) is 11.2. The Morgan fingerprint density at radius 2 is 2.27 bits per heavy atom. The minimum atomic E-state index is -0.0924. The zero-order valence-corrected chi connectivity index (χ0v) is 9.43. The van der Waals surface area contributed by atoms with Crippen molar-refractivity contribution in [1.82, 2.24) is 4.90 Å². The molecule has 0 radical (unpaired) electrons. The van der Waals surface area contributed by atoms with Crippen LogP contribution in [0.3, 0.4) is 0 Å². The van der Waals surface area contributed by atoms with Gasteiger partial charge in [-0.1, -0.05) is 5.16 Å². The van der Waals surface area contributed by atoms with Crippen LogP contribution in [0.25, 0.3) is 0 Å². The van der Waals surface area contributed by atoms with Gasteiger partial charge in [0.25, 0.3) is 0 Å². The third-order valence-electron chi connectivity index (χ3n) is 2.21. The number of carbonyl (C=O) groups is 1. The van der Waals surface area contributed by atoms with Crippen molar-refractivity contribution in [2.45, 2.75) is 25.8 Å². The number of ether oxygens (including phenoxy) is 1. The van der Waals surface area contributed by atoms with Gasteiger partial charge in [0, 0.05) is 26.6 Å². The summed E-state index contributed by atoms with van der Waals surface area (Å²) < 4.78 is 4.81. The number of amidine groups is 1. The molecule has 6 heteroatoms. The Morgan fingerprint density at radius 3 is 2.73 bits per heavy atom. The SMILES string of the molecule is COCCC(=O)N(C)C(C)CC(N)=NO. The first-order valence-corrected chi connectivity index (χ1v) is 4.74. The minimum Gasteiger partial charge on any atom is -0.409 e. The second-order valence-electron chi connectivity index (χ2n) is 3.39. The van der Waals surface area contributed by atoms with Crippen LogP contribution in [0.2, 0.25) is 0 Å². The summed E-state index contributed by atoms with van der Waals surface area (Å²) in [4.78, 5) is 13.1. The summed E-state index contributed by atoms with van der Waals surface area (Å²) in [6.45, 7) is 2.24. The molecule has 0 saturated heterocycles. The largest absolute Gasteiger partial charge is 0.409 e. The lowest BCUT2D eigenvalue weighted by atomic mass is 10.2. The summed E-state index contributed by atoms with van der Waals surface area (Å²) in [7, 11) is 3.24. The fourth-order valence-electron chi connectivity index (χ4n) is 1.09. The van der Waals surface area contributed by atoms with Crippen LogP contribution in [0.15, 0.2) is 5.16 Å². The molecular weight excluding hydrogens is 198 g/mol. The van der Waals surface area contributed by atoms with Gasteiger partial charge in [0.05, 0.1) is 13.0 Å². The van der Waals surface area contributed by atoms with E-state index < -0.39 is 0 Å². The van der Waals surface area contributed by atoms with Crippen molar-refractivity contribution in [3.05, 3.63) is 0 Å². The highest BCUT2D eigenvalue weighted by Crippen LogP contribution is 2.03. The molecule has 0 spiro atoms. The van der Waals surface area contributed by atoms with E-state index in [9.17, 15) is 4.79 Å². The summed E-state index contributed by atoms with van der Waals surface area (Å²) in [5.41, 5.74) is 5.35. The fourth-order valence-corrected chi connectivity index (χ4v) is 1.09. The van der Waals surface area contributed by atoms with Crippen LogP contribution in [-0.4, -0.2) is 48.7 Å².